The fourth-order valence-electron chi connectivity index (χ4n) is 3.57. The van der Waals surface area contributed by atoms with Crippen molar-refractivity contribution in [2.24, 2.45) is 5.92 Å². The number of hydrogen-bond donors (Lipinski definition) is 1. The Morgan fingerprint density at radius 1 is 1.28 bits per heavy atom. The smallest absolute Gasteiger partial charge is 0.308 e. The fourth-order valence-corrected chi connectivity index (χ4v) is 3.57. The summed E-state index contributed by atoms with van der Waals surface area (Å²) in [5, 5.41) is 9.70. The number of carboxylic acid groups (broad SMARTS) is 1. The van der Waals surface area contributed by atoms with Crippen LogP contribution in [-0.2, 0) is 16.0 Å². The summed E-state index contributed by atoms with van der Waals surface area (Å²) in [5.74, 6) is -1.39. The molecule has 1 aromatic carbocycles. The maximum atomic E-state index is 12.6. The molecule has 0 radical (unpaired) electrons. The molecule has 1 fully saturated rings. The summed E-state index contributed by atoms with van der Waals surface area (Å²) in [6.45, 7) is 2.46. The molecule has 1 aromatic heterocycles. The number of aliphatic carboxylic acids is 1. The molecule has 2 heterocycles. The molecule has 130 valence electrons. The van der Waals surface area contributed by atoms with Gasteiger partial charge in [-0.25, -0.2) is 0 Å². The Hall–Kier alpha value is -2.69. The largest absolute Gasteiger partial charge is 0.481 e. The van der Waals surface area contributed by atoms with Crippen molar-refractivity contribution in [1.29, 1.82) is 0 Å². The third-order valence-electron chi connectivity index (χ3n) is 4.89. The van der Waals surface area contributed by atoms with Gasteiger partial charge in [-0.05, 0) is 42.5 Å². The van der Waals surface area contributed by atoms with E-state index in [1.807, 2.05) is 43.3 Å². The number of amides is 1. The molecular weight excluding hydrogens is 316 g/mol. The number of pyridine rings is 1. The molecule has 1 aliphatic heterocycles. The molecule has 1 amide bonds. The van der Waals surface area contributed by atoms with E-state index in [0.717, 1.165) is 16.7 Å². The van der Waals surface area contributed by atoms with Gasteiger partial charge in [0.15, 0.2) is 0 Å². The lowest BCUT2D eigenvalue weighted by Crippen LogP contribution is -2.46. The predicted octanol–water partition coefficient (Wildman–Crippen LogP) is 3.00. The predicted molar refractivity (Wildman–Crippen MR) is 93.9 cm³/mol. The summed E-state index contributed by atoms with van der Waals surface area (Å²) in [5.41, 5.74) is 2.98. The van der Waals surface area contributed by atoms with Gasteiger partial charge in [-0.15, -0.1) is 0 Å². The van der Waals surface area contributed by atoms with Gasteiger partial charge < -0.3 is 10.0 Å². The Kier molecular flexibility index (Phi) is 5.12. The van der Waals surface area contributed by atoms with Crippen LogP contribution in [0.4, 0.5) is 0 Å². The number of hydrogen-bond acceptors (Lipinski definition) is 3. The molecule has 2 aromatic rings. The molecule has 3 rings (SSSR count). The van der Waals surface area contributed by atoms with E-state index in [2.05, 4.69) is 4.98 Å². The van der Waals surface area contributed by atoms with Crippen molar-refractivity contribution in [2.75, 3.05) is 6.54 Å². The molecule has 0 bridgehead atoms. The lowest BCUT2D eigenvalue weighted by Gasteiger charge is -2.40. The number of carboxylic acids is 1. The average Bonchev–Trinajstić information content (AvgIpc) is 2.61. The maximum absolute atomic E-state index is 12.6. The lowest BCUT2D eigenvalue weighted by molar-refractivity contribution is -0.152. The monoisotopic (exact) mass is 338 g/mol. The average molecular weight is 338 g/mol. The number of nitrogens with zero attached hydrogens (tertiary/aromatic N) is 2. The Morgan fingerprint density at radius 2 is 2.08 bits per heavy atom. The van der Waals surface area contributed by atoms with Crippen LogP contribution in [0.5, 0.6) is 0 Å². The Balaban J connectivity index is 1.92. The van der Waals surface area contributed by atoms with E-state index in [0.29, 0.717) is 19.4 Å². The number of aryl methyl sites for hydroxylation is 1. The van der Waals surface area contributed by atoms with Crippen LogP contribution in [0.3, 0.4) is 0 Å². The third-order valence-corrected chi connectivity index (χ3v) is 4.89. The second-order valence-corrected chi connectivity index (χ2v) is 6.48. The Morgan fingerprint density at radius 3 is 2.76 bits per heavy atom. The normalized spacial score (nSPS) is 20.5. The van der Waals surface area contributed by atoms with Crippen LogP contribution in [0, 0.1) is 12.8 Å². The van der Waals surface area contributed by atoms with Crippen molar-refractivity contribution in [2.45, 2.75) is 32.2 Å². The third kappa shape index (κ3) is 3.71. The van der Waals surface area contributed by atoms with Gasteiger partial charge >= 0.3 is 5.97 Å². The van der Waals surface area contributed by atoms with Crippen LogP contribution in [0.25, 0.3) is 0 Å². The fraction of sp³-hybridized carbons (Fsp3) is 0.350. The van der Waals surface area contributed by atoms with Crippen molar-refractivity contribution >= 4 is 11.9 Å². The first-order valence-electron chi connectivity index (χ1n) is 8.54. The minimum Gasteiger partial charge on any atom is -0.481 e. The first-order valence-corrected chi connectivity index (χ1v) is 8.54. The zero-order valence-electron chi connectivity index (χ0n) is 14.3. The van der Waals surface area contributed by atoms with Gasteiger partial charge in [0.05, 0.1) is 12.0 Å². The van der Waals surface area contributed by atoms with Gasteiger partial charge in [-0.1, -0.05) is 30.3 Å². The molecule has 2 atom stereocenters. The zero-order valence-corrected chi connectivity index (χ0v) is 14.3. The molecular formula is C20H22N2O3. The molecule has 1 aliphatic rings. The topological polar surface area (TPSA) is 70.5 Å². The molecule has 0 unspecified atom stereocenters. The van der Waals surface area contributed by atoms with E-state index < -0.39 is 17.9 Å². The molecule has 5 heteroatoms. The molecule has 1 N–H and O–H groups in total. The van der Waals surface area contributed by atoms with Gasteiger partial charge in [0.2, 0.25) is 5.91 Å². The highest BCUT2D eigenvalue weighted by Gasteiger charge is 2.40. The Bertz CT molecular complexity index is 761. The molecule has 0 aliphatic carbocycles. The lowest BCUT2D eigenvalue weighted by atomic mass is 9.82. The highest BCUT2D eigenvalue weighted by atomic mass is 16.4. The summed E-state index contributed by atoms with van der Waals surface area (Å²) < 4.78 is 0. The summed E-state index contributed by atoms with van der Waals surface area (Å²) in [6.07, 6.45) is 4.83. The molecule has 5 nitrogen and oxygen atoms in total. The Labute approximate surface area is 147 Å². The first kappa shape index (κ1) is 17.1. The van der Waals surface area contributed by atoms with Crippen LogP contribution < -0.4 is 0 Å². The highest BCUT2D eigenvalue weighted by Crippen LogP contribution is 2.38. The number of likely N-dealkylation sites (tertiary alicyclic amines) is 1. The van der Waals surface area contributed by atoms with Crippen LogP contribution >= 0.6 is 0 Å². The van der Waals surface area contributed by atoms with Crippen LogP contribution in [-0.4, -0.2) is 33.4 Å². The number of benzene rings is 1. The summed E-state index contributed by atoms with van der Waals surface area (Å²) in [7, 11) is 0. The van der Waals surface area contributed by atoms with Crippen LogP contribution in [0.15, 0.2) is 48.8 Å². The van der Waals surface area contributed by atoms with Gasteiger partial charge in [0.25, 0.3) is 0 Å². The van der Waals surface area contributed by atoms with Crippen LogP contribution in [0.1, 0.15) is 35.6 Å². The summed E-state index contributed by atoms with van der Waals surface area (Å²) in [4.78, 5) is 30.3. The van der Waals surface area contributed by atoms with E-state index in [9.17, 15) is 14.7 Å². The highest BCUT2D eigenvalue weighted by molar-refractivity contribution is 5.82. The van der Waals surface area contributed by atoms with Gasteiger partial charge in [0, 0.05) is 25.4 Å². The number of piperidine rings is 1. The summed E-state index contributed by atoms with van der Waals surface area (Å²) >= 11 is 0. The van der Waals surface area contributed by atoms with Crippen molar-refractivity contribution in [3.63, 3.8) is 0 Å². The van der Waals surface area contributed by atoms with Gasteiger partial charge in [-0.3, -0.25) is 14.6 Å². The van der Waals surface area contributed by atoms with E-state index in [4.69, 9.17) is 0 Å². The van der Waals surface area contributed by atoms with E-state index in [1.165, 1.54) is 0 Å². The first-order chi connectivity index (χ1) is 12.1. The standard InChI is InChI=1S/C20H22N2O3/c1-14-5-2-3-7-16(14)19-17(20(24)25)8-9-18(23)22(19)12-10-15-6-4-11-21-13-15/h2-7,11,13,17,19H,8-10,12H2,1H3,(H,24,25)/t17-,19+/m1/s1. The zero-order chi connectivity index (χ0) is 17.8. The quantitative estimate of drug-likeness (QED) is 0.910. The number of carbonyl (C=O) groups excluding carboxylic acids is 1. The van der Waals surface area contributed by atoms with Crippen molar-refractivity contribution in [1.82, 2.24) is 9.88 Å². The summed E-state index contributed by atoms with van der Waals surface area (Å²) in [6, 6.07) is 11.2. The number of rotatable bonds is 5. The maximum Gasteiger partial charge on any atom is 0.308 e. The molecule has 25 heavy (non-hydrogen) atoms. The van der Waals surface area contributed by atoms with Crippen molar-refractivity contribution < 1.29 is 14.7 Å². The van der Waals surface area contributed by atoms with Gasteiger partial charge in [0.1, 0.15) is 0 Å². The minimum absolute atomic E-state index is 0.0228. The van der Waals surface area contributed by atoms with Crippen LogP contribution in [0.2, 0.25) is 0 Å². The van der Waals surface area contributed by atoms with Crippen molar-refractivity contribution in [3.8, 4) is 0 Å². The van der Waals surface area contributed by atoms with E-state index in [1.54, 1.807) is 17.3 Å². The molecule has 0 saturated carbocycles. The number of aromatic nitrogens is 1. The second kappa shape index (κ2) is 7.47. The molecule has 0 spiro atoms. The van der Waals surface area contributed by atoms with Crippen molar-refractivity contribution in [3.05, 3.63) is 65.5 Å². The second-order valence-electron chi connectivity index (χ2n) is 6.48. The molecule has 1 saturated heterocycles. The minimum atomic E-state index is -0.841. The van der Waals surface area contributed by atoms with Gasteiger partial charge in [-0.2, -0.15) is 0 Å². The SMILES string of the molecule is Cc1ccccc1[C@H]1[C@H](C(=O)O)CCC(=O)N1CCc1cccnc1. The van der Waals surface area contributed by atoms with E-state index in [-0.39, 0.29) is 12.3 Å². The van der Waals surface area contributed by atoms with E-state index >= 15 is 0 Å². The number of carbonyl (C=O) groups is 2.